The van der Waals surface area contributed by atoms with E-state index in [9.17, 15) is 9.59 Å². The summed E-state index contributed by atoms with van der Waals surface area (Å²) in [6.45, 7) is 0. The van der Waals surface area contributed by atoms with Crippen molar-refractivity contribution in [2.24, 2.45) is 0 Å². The lowest BCUT2D eigenvalue weighted by Gasteiger charge is -2.29. The third kappa shape index (κ3) is 2.03. The number of aryl methyl sites for hydroxylation is 1. The molecule has 16 heavy (non-hydrogen) atoms. The van der Waals surface area contributed by atoms with E-state index in [0.29, 0.717) is 25.3 Å². The Morgan fingerprint density at radius 1 is 1.19 bits per heavy atom. The lowest BCUT2D eigenvalue weighted by Crippen LogP contribution is -2.21. The Morgan fingerprint density at radius 3 is 2.50 bits per heavy atom. The van der Waals surface area contributed by atoms with E-state index >= 15 is 0 Å². The van der Waals surface area contributed by atoms with Gasteiger partial charge in [0.2, 0.25) is 0 Å². The third-order valence-electron chi connectivity index (χ3n) is 3.03. The van der Waals surface area contributed by atoms with Gasteiger partial charge in [0.05, 0.1) is 6.42 Å². The molecule has 5 heteroatoms. The minimum atomic E-state index is 0.310. The molecular weight excluding hydrogens is 206 g/mol. The maximum atomic E-state index is 10.5. The fourth-order valence-corrected chi connectivity index (χ4v) is 2.00. The second kappa shape index (κ2) is 5.01. The highest BCUT2D eigenvalue weighted by Gasteiger charge is 2.25. The molecule has 0 spiro atoms. The molecule has 0 saturated heterocycles. The summed E-state index contributed by atoms with van der Waals surface area (Å²) in [4.78, 5) is 20.9. The lowest BCUT2D eigenvalue weighted by atomic mass is 9.92. The molecular formula is C11H15N3O2. The summed E-state index contributed by atoms with van der Waals surface area (Å²) in [6.07, 6.45) is 6.59. The van der Waals surface area contributed by atoms with Crippen molar-refractivity contribution in [2.75, 3.05) is 0 Å². The highest BCUT2D eigenvalue weighted by atomic mass is 16.1. The first-order valence-electron chi connectivity index (χ1n) is 5.66. The Labute approximate surface area is 93.9 Å². The van der Waals surface area contributed by atoms with Gasteiger partial charge in [-0.25, -0.2) is 0 Å². The van der Waals surface area contributed by atoms with Crippen molar-refractivity contribution in [3.05, 3.63) is 11.6 Å². The van der Waals surface area contributed by atoms with Gasteiger partial charge in [-0.05, 0) is 19.3 Å². The summed E-state index contributed by atoms with van der Waals surface area (Å²) in [6, 6.07) is 0.437. The molecule has 0 atom stereocenters. The zero-order chi connectivity index (χ0) is 11.4. The van der Waals surface area contributed by atoms with Gasteiger partial charge < -0.3 is 14.2 Å². The molecule has 1 saturated carbocycles. The van der Waals surface area contributed by atoms with Gasteiger partial charge in [0.15, 0.2) is 0 Å². The van der Waals surface area contributed by atoms with Crippen LogP contribution in [0.25, 0.3) is 0 Å². The van der Waals surface area contributed by atoms with Gasteiger partial charge in [-0.2, -0.15) is 0 Å². The average Bonchev–Trinajstić information content (AvgIpc) is 2.58. The molecule has 0 amide bonds. The summed E-state index contributed by atoms with van der Waals surface area (Å²) in [5, 5.41) is 8.10. The SMILES string of the molecule is O=CCCc1nnc(CC=O)n1C1CCC1. The first kappa shape index (κ1) is 11.0. The number of carbonyl (C=O) groups is 2. The Morgan fingerprint density at radius 2 is 1.94 bits per heavy atom. The topological polar surface area (TPSA) is 64.8 Å². The summed E-state index contributed by atoms with van der Waals surface area (Å²) in [5.74, 6) is 1.58. The van der Waals surface area contributed by atoms with Gasteiger partial charge in [0, 0.05) is 18.9 Å². The molecule has 1 fully saturated rings. The van der Waals surface area contributed by atoms with E-state index in [4.69, 9.17) is 0 Å². The summed E-state index contributed by atoms with van der Waals surface area (Å²) in [5.41, 5.74) is 0. The largest absolute Gasteiger partial charge is 0.311 e. The van der Waals surface area contributed by atoms with E-state index in [1.165, 1.54) is 6.42 Å². The van der Waals surface area contributed by atoms with Crippen molar-refractivity contribution in [1.82, 2.24) is 14.8 Å². The van der Waals surface area contributed by atoms with Crippen LogP contribution in [-0.4, -0.2) is 27.3 Å². The molecule has 2 rings (SSSR count). The predicted molar refractivity (Wildman–Crippen MR) is 57.1 cm³/mol. The van der Waals surface area contributed by atoms with Gasteiger partial charge in [-0.3, -0.25) is 0 Å². The zero-order valence-corrected chi connectivity index (χ0v) is 9.13. The van der Waals surface area contributed by atoms with E-state index in [1.54, 1.807) is 0 Å². The van der Waals surface area contributed by atoms with Crippen LogP contribution in [-0.2, 0) is 22.4 Å². The van der Waals surface area contributed by atoms with Crippen molar-refractivity contribution in [3.63, 3.8) is 0 Å². The normalized spacial score (nSPS) is 15.8. The molecule has 0 radical (unpaired) electrons. The first-order valence-corrected chi connectivity index (χ1v) is 5.66. The summed E-state index contributed by atoms with van der Waals surface area (Å²) < 4.78 is 2.06. The maximum Gasteiger partial charge on any atom is 0.140 e. The smallest absolute Gasteiger partial charge is 0.140 e. The molecule has 1 heterocycles. The number of aldehydes is 2. The van der Waals surface area contributed by atoms with Gasteiger partial charge in [0.1, 0.15) is 24.2 Å². The molecule has 0 N–H and O–H groups in total. The van der Waals surface area contributed by atoms with E-state index in [2.05, 4.69) is 14.8 Å². The molecule has 1 aliphatic carbocycles. The molecule has 0 unspecified atom stereocenters. The van der Waals surface area contributed by atoms with E-state index < -0.39 is 0 Å². The van der Waals surface area contributed by atoms with Crippen LogP contribution < -0.4 is 0 Å². The van der Waals surface area contributed by atoms with Gasteiger partial charge in [-0.1, -0.05) is 0 Å². The number of nitrogens with zero attached hydrogens (tertiary/aromatic N) is 3. The van der Waals surface area contributed by atoms with E-state index in [0.717, 1.165) is 37.1 Å². The molecule has 1 aromatic rings. The van der Waals surface area contributed by atoms with Crippen molar-refractivity contribution < 1.29 is 9.59 Å². The second-order valence-electron chi connectivity index (χ2n) is 4.06. The zero-order valence-electron chi connectivity index (χ0n) is 9.13. The number of hydrogen-bond donors (Lipinski definition) is 0. The standard InChI is InChI=1S/C11H15N3O2/c15-7-2-5-10-12-13-11(6-8-16)14(10)9-3-1-4-9/h7-9H,1-6H2. The average molecular weight is 221 g/mol. The molecule has 0 bridgehead atoms. The van der Waals surface area contributed by atoms with Crippen LogP contribution in [0.5, 0.6) is 0 Å². The first-order chi connectivity index (χ1) is 7.86. The van der Waals surface area contributed by atoms with E-state index in [1.807, 2.05) is 0 Å². The number of hydrogen-bond acceptors (Lipinski definition) is 4. The molecule has 1 aromatic heterocycles. The fraction of sp³-hybridized carbons (Fsp3) is 0.636. The van der Waals surface area contributed by atoms with Crippen molar-refractivity contribution >= 4 is 12.6 Å². The molecule has 0 aliphatic heterocycles. The Bertz CT molecular complexity index is 383. The Hall–Kier alpha value is -1.52. The maximum absolute atomic E-state index is 10.5. The van der Waals surface area contributed by atoms with Crippen LogP contribution in [0, 0.1) is 0 Å². The number of aromatic nitrogens is 3. The van der Waals surface area contributed by atoms with Crippen molar-refractivity contribution in [3.8, 4) is 0 Å². The number of rotatable bonds is 6. The Balaban J connectivity index is 2.21. The van der Waals surface area contributed by atoms with Gasteiger partial charge in [0.25, 0.3) is 0 Å². The molecule has 0 aromatic carbocycles. The predicted octanol–water partition coefficient (Wildman–Crippen LogP) is 0.876. The minimum absolute atomic E-state index is 0.310. The second-order valence-corrected chi connectivity index (χ2v) is 4.06. The molecule has 1 aliphatic rings. The molecule has 5 nitrogen and oxygen atoms in total. The van der Waals surface area contributed by atoms with Crippen LogP contribution >= 0.6 is 0 Å². The van der Waals surface area contributed by atoms with Crippen molar-refractivity contribution in [2.45, 2.75) is 44.6 Å². The Kier molecular flexibility index (Phi) is 3.44. The molecule has 86 valence electrons. The lowest BCUT2D eigenvalue weighted by molar-refractivity contribution is -0.108. The number of carbonyl (C=O) groups excluding carboxylic acids is 2. The highest BCUT2D eigenvalue weighted by Crippen LogP contribution is 2.33. The van der Waals surface area contributed by atoms with Crippen molar-refractivity contribution in [1.29, 1.82) is 0 Å². The van der Waals surface area contributed by atoms with Gasteiger partial charge in [-0.15, -0.1) is 10.2 Å². The van der Waals surface area contributed by atoms with Crippen LogP contribution in [0.1, 0.15) is 43.4 Å². The van der Waals surface area contributed by atoms with Crippen LogP contribution in [0.15, 0.2) is 0 Å². The summed E-state index contributed by atoms with van der Waals surface area (Å²) >= 11 is 0. The van der Waals surface area contributed by atoms with Crippen LogP contribution in [0.2, 0.25) is 0 Å². The fourth-order valence-electron chi connectivity index (χ4n) is 2.00. The van der Waals surface area contributed by atoms with E-state index in [-0.39, 0.29) is 0 Å². The van der Waals surface area contributed by atoms with Crippen LogP contribution in [0.3, 0.4) is 0 Å². The monoisotopic (exact) mass is 221 g/mol. The van der Waals surface area contributed by atoms with Gasteiger partial charge >= 0.3 is 0 Å². The third-order valence-corrected chi connectivity index (χ3v) is 3.03. The van der Waals surface area contributed by atoms with Crippen LogP contribution in [0.4, 0.5) is 0 Å². The minimum Gasteiger partial charge on any atom is -0.311 e. The highest BCUT2D eigenvalue weighted by molar-refractivity contribution is 5.53. The summed E-state index contributed by atoms with van der Waals surface area (Å²) in [7, 11) is 0. The quantitative estimate of drug-likeness (QED) is 0.669.